The zero-order valence-electron chi connectivity index (χ0n) is 5.58. The normalized spacial score (nSPS) is 14.0. The Kier molecular flexibility index (Phi) is 4.14. The van der Waals surface area contributed by atoms with Crippen LogP contribution in [0.25, 0.3) is 0 Å². The van der Waals surface area contributed by atoms with Gasteiger partial charge in [-0.2, -0.15) is 0 Å². The van der Waals surface area contributed by atoms with E-state index in [9.17, 15) is 0 Å². The minimum atomic E-state index is -3.27. The van der Waals surface area contributed by atoms with Crippen molar-refractivity contribution in [3.05, 3.63) is 0 Å². The van der Waals surface area contributed by atoms with Gasteiger partial charge in [-0.05, 0) is 0 Å². The molecule has 6 heteroatoms. The van der Waals surface area contributed by atoms with Gasteiger partial charge in [0.2, 0.25) is 0 Å². The van der Waals surface area contributed by atoms with Crippen LogP contribution in [0.5, 0.6) is 0 Å². The summed E-state index contributed by atoms with van der Waals surface area (Å²) in [5, 5.41) is 0. The quantitative estimate of drug-likeness (QED) is 0.732. The molecule has 0 saturated carbocycles. The Hall–Kier alpha value is 1.79. The van der Waals surface area contributed by atoms with Crippen LogP contribution in [0.15, 0.2) is 0 Å². The predicted octanol–water partition coefficient (Wildman–Crippen LogP) is 2.94. The zero-order valence-corrected chi connectivity index (χ0v) is 12.1. The van der Waals surface area contributed by atoms with Gasteiger partial charge in [-0.1, -0.05) is 0 Å². The van der Waals surface area contributed by atoms with Gasteiger partial charge in [-0.3, -0.25) is 0 Å². The molecule has 0 aliphatic carbocycles. The molecule has 0 radical (unpaired) electrons. The summed E-state index contributed by atoms with van der Waals surface area (Å²) >= 11 is -3.27. The van der Waals surface area contributed by atoms with E-state index in [1.165, 1.54) is 0 Å². The van der Waals surface area contributed by atoms with Crippen molar-refractivity contribution in [3.8, 4) is 0 Å². The van der Waals surface area contributed by atoms with Crippen LogP contribution >= 0.6 is 27.6 Å². The molecule has 0 aromatic heterocycles. The Balaban J connectivity index is 3.75. The number of rotatable bonds is 2. The SMILES string of the molecule is C[Si](C)(C)[NH][Ta]([Cl])([Cl])[Cl]. The topological polar surface area (TPSA) is 12.0 Å². The van der Waals surface area contributed by atoms with Crippen molar-refractivity contribution >= 4 is 35.8 Å². The summed E-state index contributed by atoms with van der Waals surface area (Å²) in [5.74, 6) is 0. The molecule has 1 N–H and O–H groups in total. The second-order valence-corrected chi connectivity index (χ2v) is 29.8. The van der Waals surface area contributed by atoms with Crippen molar-refractivity contribution in [2.45, 2.75) is 19.6 Å². The molecule has 9 heavy (non-hydrogen) atoms. The van der Waals surface area contributed by atoms with Gasteiger partial charge in [0, 0.05) is 0 Å². The van der Waals surface area contributed by atoms with Gasteiger partial charge in [0.25, 0.3) is 0 Å². The molecule has 57 valence electrons. The summed E-state index contributed by atoms with van der Waals surface area (Å²) in [6.07, 6.45) is 0. The molecule has 0 unspecified atom stereocenters. The Morgan fingerprint density at radius 2 is 1.44 bits per heavy atom. The van der Waals surface area contributed by atoms with Crippen LogP contribution in [0.2, 0.25) is 19.6 Å². The van der Waals surface area contributed by atoms with Crippen molar-refractivity contribution in [1.29, 1.82) is 0 Å². The van der Waals surface area contributed by atoms with Crippen molar-refractivity contribution < 1.29 is 14.1 Å². The summed E-state index contributed by atoms with van der Waals surface area (Å²) in [5.41, 5.74) is 0. The first-order valence-electron chi connectivity index (χ1n) is 2.48. The number of hydrogen-bond donors (Lipinski definition) is 1. The molecule has 0 aromatic rings. The maximum absolute atomic E-state index is 5.69. The van der Waals surface area contributed by atoms with Gasteiger partial charge < -0.3 is 0 Å². The molecule has 0 rings (SSSR count). The van der Waals surface area contributed by atoms with E-state index in [2.05, 4.69) is 23.0 Å². The third kappa shape index (κ3) is 9.79. The van der Waals surface area contributed by atoms with E-state index in [0.29, 0.717) is 0 Å². The second kappa shape index (κ2) is 3.46. The Labute approximate surface area is 72.5 Å². The van der Waals surface area contributed by atoms with E-state index in [1.54, 1.807) is 0 Å². The Morgan fingerprint density at radius 1 is 1.11 bits per heavy atom. The second-order valence-electron chi connectivity index (χ2n) is 2.81. The summed E-state index contributed by atoms with van der Waals surface area (Å²) < 4.78 is 3.11. The fourth-order valence-corrected chi connectivity index (χ4v) is 28.0. The van der Waals surface area contributed by atoms with Crippen LogP contribution in [0.1, 0.15) is 0 Å². The maximum atomic E-state index is 5.69. The monoisotopic (exact) mass is 374 g/mol. The van der Waals surface area contributed by atoms with E-state index in [4.69, 9.17) is 27.6 Å². The predicted molar refractivity (Wildman–Crippen MR) is 44.0 cm³/mol. The van der Waals surface area contributed by atoms with E-state index < -0.39 is 22.4 Å². The first-order valence-corrected chi connectivity index (χ1v) is 19.5. The number of halogens is 3. The third-order valence-electron chi connectivity index (χ3n) is 0.462. The standard InChI is InChI=1S/C3H10NSi.3ClH.Ta/c1-5(2,3)4;;;;/h4H,1-3H3;3*1H;/q-1;;;;+4/p-3. The first kappa shape index (κ1) is 10.8. The van der Waals surface area contributed by atoms with Gasteiger partial charge >= 0.3 is 73.0 Å². The molecule has 0 heterocycles. The van der Waals surface area contributed by atoms with Gasteiger partial charge in [-0.15, -0.1) is 0 Å². The molecule has 0 atom stereocenters. The Morgan fingerprint density at radius 3 is 1.44 bits per heavy atom. The average Bonchev–Trinajstić information content (AvgIpc) is 1.14. The van der Waals surface area contributed by atoms with Crippen LogP contribution in [-0.2, 0) is 14.1 Å². The summed E-state index contributed by atoms with van der Waals surface area (Å²) in [7, 11) is 15.7. The van der Waals surface area contributed by atoms with Gasteiger partial charge in [0.1, 0.15) is 0 Å². The van der Waals surface area contributed by atoms with E-state index >= 15 is 0 Å². The molecule has 0 saturated heterocycles. The van der Waals surface area contributed by atoms with Crippen LogP contribution in [0, 0.1) is 0 Å². The molecule has 0 aliphatic heterocycles. The minimum absolute atomic E-state index is 1.34. The van der Waals surface area contributed by atoms with Gasteiger partial charge in [-0.25, -0.2) is 0 Å². The molecule has 0 bridgehead atoms. The summed E-state index contributed by atoms with van der Waals surface area (Å²) in [6.45, 7) is 6.35. The van der Waals surface area contributed by atoms with Crippen molar-refractivity contribution in [1.82, 2.24) is 3.39 Å². The fraction of sp³-hybridized carbons (Fsp3) is 1.00. The van der Waals surface area contributed by atoms with Crippen molar-refractivity contribution in [2.24, 2.45) is 0 Å². The van der Waals surface area contributed by atoms with E-state index in [0.717, 1.165) is 0 Å². The molecule has 0 spiro atoms. The molecular formula is C3H10Cl3NSiTa. The molecular weight excluding hydrogens is 365 g/mol. The third-order valence-corrected chi connectivity index (χ3v) is 17.6. The van der Waals surface area contributed by atoms with Crippen LogP contribution in [-0.4, -0.2) is 8.24 Å². The van der Waals surface area contributed by atoms with Crippen molar-refractivity contribution in [2.75, 3.05) is 0 Å². The molecule has 1 nitrogen and oxygen atoms in total. The molecule has 0 aromatic carbocycles. The van der Waals surface area contributed by atoms with Gasteiger partial charge in [0.15, 0.2) is 0 Å². The number of hydrogen-bond acceptors (Lipinski definition) is 1. The van der Waals surface area contributed by atoms with Crippen LogP contribution in [0.4, 0.5) is 0 Å². The number of nitrogens with one attached hydrogen (secondary N) is 1. The summed E-state index contributed by atoms with van der Waals surface area (Å²) in [4.78, 5) is 0. The average molecular weight is 376 g/mol. The zero-order chi connectivity index (χ0) is 7.71. The van der Waals surface area contributed by atoms with Crippen molar-refractivity contribution in [3.63, 3.8) is 0 Å². The Bertz CT molecular complexity index is 84.2. The van der Waals surface area contributed by atoms with E-state index in [-0.39, 0.29) is 0 Å². The van der Waals surface area contributed by atoms with E-state index in [1.807, 2.05) is 0 Å². The molecule has 0 amide bonds. The fourth-order valence-electron chi connectivity index (χ4n) is 0.380. The van der Waals surface area contributed by atoms with Crippen LogP contribution < -0.4 is 3.39 Å². The van der Waals surface area contributed by atoms with Crippen LogP contribution in [0.3, 0.4) is 0 Å². The molecule has 0 aliphatic rings. The summed E-state index contributed by atoms with van der Waals surface area (Å²) in [6, 6.07) is 0. The first-order chi connectivity index (χ1) is 3.71. The van der Waals surface area contributed by atoms with Gasteiger partial charge in [0.05, 0.1) is 0 Å². The molecule has 0 fully saturated rings.